The first-order valence-corrected chi connectivity index (χ1v) is 17.6. The van der Waals surface area contributed by atoms with Crippen molar-refractivity contribution in [1.82, 2.24) is 4.57 Å². The summed E-state index contributed by atoms with van der Waals surface area (Å²) in [5.41, 5.74) is 13.3. The summed E-state index contributed by atoms with van der Waals surface area (Å²) in [6.07, 6.45) is 0. The number of rotatable bonds is 2. The van der Waals surface area contributed by atoms with Crippen molar-refractivity contribution in [3.05, 3.63) is 152 Å². The first-order chi connectivity index (χ1) is 24.3. The van der Waals surface area contributed by atoms with E-state index in [0.717, 1.165) is 22.2 Å². The predicted octanol–water partition coefficient (Wildman–Crippen LogP) is 13.5. The van der Waals surface area contributed by atoms with Gasteiger partial charge in [0.15, 0.2) is 0 Å². The molecule has 3 heteroatoms. The van der Waals surface area contributed by atoms with Gasteiger partial charge < -0.3 is 8.98 Å². The fraction of sp³-hybridized carbons (Fsp3) is 0. The van der Waals surface area contributed by atoms with Gasteiger partial charge in [-0.15, -0.1) is 11.3 Å². The van der Waals surface area contributed by atoms with Crippen LogP contribution in [-0.4, -0.2) is 4.57 Å². The molecule has 3 aromatic heterocycles. The molecule has 0 N–H and O–H groups in total. The Morgan fingerprint density at radius 1 is 0.429 bits per heavy atom. The molecular weight excluding hydrogens is 615 g/mol. The van der Waals surface area contributed by atoms with E-state index in [-0.39, 0.29) is 0 Å². The van der Waals surface area contributed by atoms with Gasteiger partial charge in [0.1, 0.15) is 11.2 Å². The lowest BCUT2D eigenvalue weighted by Gasteiger charge is -2.12. The molecule has 2 nitrogen and oxygen atoms in total. The standard InChI is InChI=1S/C46H25NOS/c1-2-11-30-29(10-1)32-16-9-15-31-28(24-25-33(30)40(31)32)26-20-22-27(23-21-26)47-37-17-6-3-12-34(37)41-42-35-13-4-7-18-38(35)48-45(42)43-36-14-5-8-19-39(36)49-46(43)44(41)47/h1-25H. The van der Waals surface area contributed by atoms with Crippen LogP contribution in [0.15, 0.2) is 156 Å². The van der Waals surface area contributed by atoms with Crippen LogP contribution in [-0.2, 0) is 0 Å². The number of aromatic nitrogens is 1. The van der Waals surface area contributed by atoms with Crippen LogP contribution in [0.3, 0.4) is 0 Å². The SMILES string of the molecule is c1ccc2c(c1)-c1cccc3c(-c4ccc(-n5c6ccccc6c6c7c8ccccc8oc7c7c8ccccc8sc7c65)cc4)ccc-2c13. The van der Waals surface area contributed by atoms with Crippen molar-refractivity contribution >= 4 is 86.0 Å². The maximum absolute atomic E-state index is 6.74. The van der Waals surface area contributed by atoms with Gasteiger partial charge in [-0.3, -0.25) is 0 Å². The number of fused-ring (bicyclic) bond motifs is 15. The van der Waals surface area contributed by atoms with Gasteiger partial charge in [0.25, 0.3) is 0 Å². The van der Waals surface area contributed by atoms with Crippen LogP contribution in [0.1, 0.15) is 0 Å². The molecule has 0 bridgehead atoms. The van der Waals surface area contributed by atoms with Crippen molar-refractivity contribution in [2.45, 2.75) is 0 Å². The van der Waals surface area contributed by atoms with Crippen LogP contribution in [0.4, 0.5) is 0 Å². The van der Waals surface area contributed by atoms with Gasteiger partial charge >= 0.3 is 0 Å². The summed E-state index contributed by atoms with van der Waals surface area (Å²) in [4.78, 5) is 0. The third-order valence-corrected chi connectivity index (χ3v) is 11.9. The Morgan fingerprint density at radius 3 is 1.94 bits per heavy atom. The Bertz CT molecular complexity index is 3180. The number of para-hydroxylation sites is 2. The van der Waals surface area contributed by atoms with Gasteiger partial charge in [0, 0.05) is 42.7 Å². The quantitative estimate of drug-likeness (QED) is 0.184. The van der Waals surface area contributed by atoms with Crippen LogP contribution in [0.5, 0.6) is 0 Å². The van der Waals surface area contributed by atoms with Crippen LogP contribution >= 0.6 is 11.3 Å². The van der Waals surface area contributed by atoms with E-state index in [1.54, 1.807) is 0 Å². The number of hydrogen-bond donors (Lipinski definition) is 0. The molecule has 1 aliphatic carbocycles. The summed E-state index contributed by atoms with van der Waals surface area (Å²) < 4.78 is 11.8. The highest BCUT2D eigenvalue weighted by atomic mass is 32.1. The summed E-state index contributed by atoms with van der Waals surface area (Å²) in [6.45, 7) is 0. The van der Waals surface area contributed by atoms with Gasteiger partial charge in [-0.05, 0) is 74.5 Å². The lowest BCUT2D eigenvalue weighted by molar-refractivity contribution is 0.673. The van der Waals surface area contributed by atoms with E-state index in [9.17, 15) is 0 Å². The molecular formula is C46H25NOS. The lowest BCUT2D eigenvalue weighted by atomic mass is 9.94. The first kappa shape index (κ1) is 25.9. The maximum atomic E-state index is 6.74. The maximum Gasteiger partial charge on any atom is 0.145 e. The average Bonchev–Trinajstić information content (AvgIpc) is 3.91. The molecule has 12 rings (SSSR count). The molecule has 49 heavy (non-hydrogen) atoms. The van der Waals surface area contributed by atoms with Crippen molar-refractivity contribution in [2.75, 3.05) is 0 Å². The highest BCUT2D eigenvalue weighted by molar-refractivity contribution is 7.27. The summed E-state index contributed by atoms with van der Waals surface area (Å²) in [7, 11) is 0. The molecule has 1 aliphatic rings. The Morgan fingerprint density at radius 2 is 1.08 bits per heavy atom. The van der Waals surface area contributed by atoms with E-state index in [0.29, 0.717) is 0 Å². The molecule has 11 aromatic rings. The number of benzene rings is 8. The molecule has 0 fully saturated rings. The molecule has 0 unspecified atom stereocenters. The smallest absolute Gasteiger partial charge is 0.145 e. The Hall–Kier alpha value is -6.16. The summed E-state index contributed by atoms with van der Waals surface area (Å²) in [6, 6.07) is 55.4. The second kappa shape index (κ2) is 9.25. The van der Waals surface area contributed by atoms with Crippen LogP contribution in [0.2, 0.25) is 0 Å². The van der Waals surface area contributed by atoms with Gasteiger partial charge in [-0.1, -0.05) is 121 Å². The fourth-order valence-corrected chi connectivity index (χ4v) is 9.98. The number of furan rings is 1. The van der Waals surface area contributed by atoms with Crippen molar-refractivity contribution in [1.29, 1.82) is 0 Å². The van der Waals surface area contributed by atoms with Crippen molar-refractivity contribution in [2.24, 2.45) is 0 Å². The molecule has 0 amide bonds. The third kappa shape index (κ3) is 3.25. The fourth-order valence-electron chi connectivity index (χ4n) is 8.73. The van der Waals surface area contributed by atoms with E-state index in [1.165, 1.54) is 91.5 Å². The zero-order valence-electron chi connectivity index (χ0n) is 26.2. The second-order valence-electron chi connectivity index (χ2n) is 13.2. The zero-order chi connectivity index (χ0) is 31.8. The molecule has 0 spiro atoms. The van der Waals surface area contributed by atoms with E-state index in [1.807, 2.05) is 11.3 Å². The van der Waals surface area contributed by atoms with Gasteiger partial charge in [-0.25, -0.2) is 0 Å². The molecule has 3 heterocycles. The van der Waals surface area contributed by atoms with Gasteiger partial charge in [-0.2, -0.15) is 0 Å². The Labute approximate surface area is 284 Å². The van der Waals surface area contributed by atoms with Crippen molar-refractivity contribution < 1.29 is 4.42 Å². The topological polar surface area (TPSA) is 18.1 Å². The van der Waals surface area contributed by atoms with Gasteiger partial charge in [0.05, 0.1) is 15.7 Å². The lowest BCUT2D eigenvalue weighted by Crippen LogP contribution is -1.94. The summed E-state index contributed by atoms with van der Waals surface area (Å²) in [5.74, 6) is 0. The monoisotopic (exact) mass is 639 g/mol. The molecule has 0 atom stereocenters. The van der Waals surface area contributed by atoms with E-state index < -0.39 is 0 Å². The van der Waals surface area contributed by atoms with Gasteiger partial charge in [0.2, 0.25) is 0 Å². The minimum atomic E-state index is 0.927. The molecule has 8 aromatic carbocycles. The Kier molecular flexibility index (Phi) is 4.89. The van der Waals surface area contributed by atoms with Crippen LogP contribution in [0.25, 0.3) is 114 Å². The Balaban J connectivity index is 1.15. The minimum absolute atomic E-state index is 0.927. The normalized spacial score (nSPS) is 12.5. The summed E-state index contributed by atoms with van der Waals surface area (Å²) >= 11 is 1.86. The average molecular weight is 640 g/mol. The molecule has 0 aliphatic heterocycles. The minimum Gasteiger partial charge on any atom is -0.455 e. The third-order valence-electron chi connectivity index (χ3n) is 10.7. The van der Waals surface area contributed by atoms with Crippen LogP contribution in [0, 0.1) is 0 Å². The molecule has 0 saturated carbocycles. The first-order valence-electron chi connectivity index (χ1n) is 16.8. The summed E-state index contributed by atoms with van der Waals surface area (Å²) in [5, 5.41) is 9.96. The highest BCUT2D eigenvalue weighted by Gasteiger charge is 2.26. The van der Waals surface area contributed by atoms with E-state index in [2.05, 4.69) is 156 Å². The largest absolute Gasteiger partial charge is 0.455 e. The predicted molar refractivity (Wildman–Crippen MR) is 208 cm³/mol. The zero-order valence-corrected chi connectivity index (χ0v) is 27.0. The number of hydrogen-bond acceptors (Lipinski definition) is 2. The highest BCUT2D eigenvalue weighted by Crippen LogP contribution is 2.51. The number of thiophene rings is 1. The van der Waals surface area contributed by atoms with Crippen LogP contribution < -0.4 is 0 Å². The van der Waals surface area contributed by atoms with E-state index in [4.69, 9.17) is 4.42 Å². The van der Waals surface area contributed by atoms with E-state index >= 15 is 0 Å². The molecule has 0 saturated heterocycles. The van der Waals surface area contributed by atoms with Crippen molar-refractivity contribution in [3.8, 4) is 39.1 Å². The second-order valence-corrected chi connectivity index (χ2v) is 14.2. The van der Waals surface area contributed by atoms with Crippen molar-refractivity contribution in [3.63, 3.8) is 0 Å². The molecule has 226 valence electrons. The molecule has 0 radical (unpaired) electrons. The number of nitrogens with zero attached hydrogens (tertiary/aromatic N) is 1.